The van der Waals surface area contributed by atoms with Crippen LogP contribution in [-0.2, 0) is 11.3 Å². The highest BCUT2D eigenvalue weighted by Gasteiger charge is 2.26. The van der Waals surface area contributed by atoms with E-state index < -0.39 is 4.32 Å². The van der Waals surface area contributed by atoms with Crippen LogP contribution >= 0.6 is 15.9 Å². The van der Waals surface area contributed by atoms with Crippen LogP contribution in [0.1, 0.15) is 19.4 Å². The normalized spacial score (nSPS) is 11.1. The second-order valence-corrected chi connectivity index (χ2v) is 6.47. The van der Waals surface area contributed by atoms with E-state index in [2.05, 4.69) is 15.9 Å². The molecule has 0 saturated heterocycles. The van der Waals surface area contributed by atoms with Gasteiger partial charge in [0.1, 0.15) is 5.75 Å². The Balaban J connectivity index is 2.74. The zero-order valence-electron chi connectivity index (χ0n) is 10.7. The molecule has 1 rings (SSSR count). The van der Waals surface area contributed by atoms with Gasteiger partial charge >= 0.3 is 0 Å². The summed E-state index contributed by atoms with van der Waals surface area (Å²) in [4.78, 5) is 13.7. The van der Waals surface area contributed by atoms with E-state index in [1.54, 1.807) is 19.1 Å². The number of amides is 1. The van der Waals surface area contributed by atoms with Crippen LogP contribution in [0.25, 0.3) is 0 Å². The molecule has 0 aliphatic carbocycles. The molecule has 17 heavy (non-hydrogen) atoms. The van der Waals surface area contributed by atoms with Crippen molar-refractivity contribution in [3.8, 4) is 5.75 Å². The molecule has 1 aromatic rings. The number of halogens is 1. The molecule has 0 aliphatic rings. The van der Waals surface area contributed by atoms with E-state index in [9.17, 15) is 4.79 Å². The average Bonchev–Trinajstić information content (AvgIpc) is 2.27. The first-order valence-corrected chi connectivity index (χ1v) is 6.21. The lowest BCUT2D eigenvalue weighted by Crippen LogP contribution is -2.38. The molecular formula is C13H18BrNO2. The number of methoxy groups -OCH3 is 1. The van der Waals surface area contributed by atoms with Crippen LogP contribution in [-0.4, -0.2) is 29.3 Å². The van der Waals surface area contributed by atoms with E-state index in [0.29, 0.717) is 6.54 Å². The highest BCUT2D eigenvalue weighted by molar-refractivity contribution is 9.10. The lowest BCUT2D eigenvalue weighted by atomic mass is 10.1. The third kappa shape index (κ3) is 4.04. The van der Waals surface area contributed by atoms with Crippen LogP contribution in [0.15, 0.2) is 24.3 Å². The molecule has 0 spiro atoms. The largest absolute Gasteiger partial charge is 0.497 e. The Morgan fingerprint density at radius 2 is 2.12 bits per heavy atom. The molecule has 0 atom stereocenters. The van der Waals surface area contributed by atoms with E-state index in [1.165, 1.54) is 0 Å². The van der Waals surface area contributed by atoms with Crippen LogP contribution in [0, 0.1) is 0 Å². The van der Waals surface area contributed by atoms with Crippen molar-refractivity contribution in [3.63, 3.8) is 0 Å². The summed E-state index contributed by atoms with van der Waals surface area (Å²) in [5, 5.41) is 0. The highest BCUT2D eigenvalue weighted by atomic mass is 79.9. The Morgan fingerprint density at radius 1 is 1.47 bits per heavy atom. The van der Waals surface area contributed by atoms with Crippen molar-refractivity contribution in [1.82, 2.24) is 4.90 Å². The number of hydrogen-bond donors (Lipinski definition) is 0. The molecule has 0 saturated carbocycles. The number of benzene rings is 1. The van der Waals surface area contributed by atoms with Crippen LogP contribution < -0.4 is 4.74 Å². The number of ether oxygens (including phenoxy) is 1. The Hall–Kier alpha value is -1.03. The minimum atomic E-state index is -0.527. The predicted octanol–water partition coefficient (Wildman–Crippen LogP) is 2.83. The van der Waals surface area contributed by atoms with Crippen LogP contribution in [0.4, 0.5) is 0 Å². The fourth-order valence-electron chi connectivity index (χ4n) is 1.57. The Kier molecular flexibility index (Phi) is 4.57. The fourth-order valence-corrected chi connectivity index (χ4v) is 1.87. The molecule has 0 heterocycles. The summed E-state index contributed by atoms with van der Waals surface area (Å²) in [6.07, 6.45) is 0. The summed E-state index contributed by atoms with van der Waals surface area (Å²) in [7, 11) is 3.43. The Morgan fingerprint density at radius 3 is 2.65 bits per heavy atom. The molecule has 0 aliphatic heterocycles. The molecule has 0 fully saturated rings. The predicted molar refractivity (Wildman–Crippen MR) is 72.5 cm³/mol. The van der Waals surface area contributed by atoms with Gasteiger partial charge in [-0.25, -0.2) is 0 Å². The second-order valence-electron chi connectivity index (χ2n) is 4.49. The van der Waals surface area contributed by atoms with Gasteiger partial charge in [0.25, 0.3) is 0 Å². The summed E-state index contributed by atoms with van der Waals surface area (Å²) < 4.78 is 4.62. The summed E-state index contributed by atoms with van der Waals surface area (Å²) >= 11 is 3.37. The van der Waals surface area contributed by atoms with Gasteiger partial charge in [-0.1, -0.05) is 28.1 Å². The molecule has 0 aromatic heterocycles. The van der Waals surface area contributed by atoms with E-state index >= 15 is 0 Å². The van der Waals surface area contributed by atoms with Gasteiger partial charge in [0.2, 0.25) is 5.91 Å². The van der Waals surface area contributed by atoms with Crippen molar-refractivity contribution in [2.75, 3.05) is 14.2 Å². The maximum absolute atomic E-state index is 12.0. The molecule has 1 aromatic carbocycles. The molecule has 4 heteroatoms. The number of carbonyl (C=O) groups is 1. The maximum Gasteiger partial charge on any atom is 0.238 e. The second kappa shape index (κ2) is 5.54. The Bertz CT molecular complexity index is 399. The van der Waals surface area contributed by atoms with Gasteiger partial charge < -0.3 is 9.64 Å². The summed E-state index contributed by atoms with van der Waals surface area (Å²) in [5.74, 6) is 0.863. The van der Waals surface area contributed by atoms with Gasteiger partial charge in [0, 0.05) is 13.6 Å². The van der Waals surface area contributed by atoms with Crippen molar-refractivity contribution in [2.24, 2.45) is 0 Å². The first-order chi connectivity index (χ1) is 7.84. The van der Waals surface area contributed by atoms with E-state index in [-0.39, 0.29) is 5.91 Å². The number of nitrogens with zero attached hydrogens (tertiary/aromatic N) is 1. The Labute approximate surface area is 111 Å². The molecular weight excluding hydrogens is 282 g/mol. The van der Waals surface area contributed by atoms with Crippen molar-refractivity contribution in [3.05, 3.63) is 29.8 Å². The molecule has 0 unspecified atom stereocenters. The number of hydrogen-bond acceptors (Lipinski definition) is 2. The first kappa shape index (κ1) is 14.0. The highest BCUT2D eigenvalue weighted by Crippen LogP contribution is 2.20. The van der Waals surface area contributed by atoms with Crippen LogP contribution in [0.3, 0.4) is 0 Å². The topological polar surface area (TPSA) is 29.5 Å². The van der Waals surface area contributed by atoms with E-state index in [1.807, 2.05) is 38.1 Å². The van der Waals surface area contributed by atoms with Gasteiger partial charge in [0.05, 0.1) is 11.4 Å². The average molecular weight is 300 g/mol. The van der Waals surface area contributed by atoms with Crippen LogP contribution in [0.5, 0.6) is 5.75 Å². The zero-order valence-corrected chi connectivity index (χ0v) is 12.2. The molecule has 94 valence electrons. The summed E-state index contributed by atoms with van der Waals surface area (Å²) in [5.41, 5.74) is 1.05. The first-order valence-electron chi connectivity index (χ1n) is 5.42. The lowest BCUT2D eigenvalue weighted by Gasteiger charge is -2.24. The van der Waals surface area contributed by atoms with Crippen molar-refractivity contribution in [2.45, 2.75) is 24.7 Å². The summed E-state index contributed by atoms with van der Waals surface area (Å²) in [6, 6.07) is 7.73. The van der Waals surface area contributed by atoms with Crippen molar-refractivity contribution >= 4 is 21.8 Å². The third-order valence-electron chi connectivity index (χ3n) is 2.41. The van der Waals surface area contributed by atoms with Crippen molar-refractivity contribution in [1.29, 1.82) is 0 Å². The molecule has 0 radical (unpaired) electrons. The number of alkyl halides is 1. The lowest BCUT2D eigenvalue weighted by molar-refractivity contribution is -0.131. The van der Waals surface area contributed by atoms with Gasteiger partial charge in [-0.2, -0.15) is 0 Å². The minimum Gasteiger partial charge on any atom is -0.497 e. The zero-order chi connectivity index (χ0) is 13.1. The number of rotatable bonds is 4. The molecule has 0 bridgehead atoms. The van der Waals surface area contributed by atoms with E-state index in [0.717, 1.165) is 11.3 Å². The van der Waals surface area contributed by atoms with Gasteiger partial charge in [-0.15, -0.1) is 0 Å². The molecule has 3 nitrogen and oxygen atoms in total. The third-order valence-corrected chi connectivity index (χ3v) is 2.75. The SMILES string of the molecule is COc1cccc(CN(C)C(=O)C(C)(C)Br)c1. The summed E-state index contributed by atoms with van der Waals surface area (Å²) in [6.45, 7) is 4.26. The maximum atomic E-state index is 12.0. The molecule has 0 N–H and O–H groups in total. The molecule has 1 amide bonds. The van der Waals surface area contributed by atoms with Gasteiger partial charge in [0.15, 0.2) is 0 Å². The fraction of sp³-hybridized carbons (Fsp3) is 0.462. The van der Waals surface area contributed by atoms with Crippen molar-refractivity contribution < 1.29 is 9.53 Å². The smallest absolute Gasteiger partial charge is 0.238 e. The standard InChI is InChI=1S/C13H18BrNO2/c1-13(2,14)12(16)15(3)9-10-6-5-7-11(8-10)17-4/h5-8H,9H2,1-4H3. The van der Waals surface area contributed by atoms with E-state index in [4.69, 9.17) is 4.74 Å². The van der Waals surface area contributed by atoms with Gasteiger partial charge in [-0.3, -0.25) is 4.79 Å². The monoisotopic (exact) mass is 299 g/mol. The quantitative estimate of drug-likeness (QED) is 0.800. The van der Waals surface area contributed by atoms with Gasteiger partial charge in [-0.05, 0) is 31.5 Å². The van der Waals surface area contributed by atoms with Crippen LogP contribution in [0.2, 0.25) is 0 Å². The minimum absolute atomic E-state index is 0.0559. The number of carbonyl (C=O) groups excluding carboxylic acids is 1.